The highest BCUT2D eigenvalue weighted by atomic mass is 32.1. The number of carbonyl (C=O) groups excluding carboxylic acids is 1. The van der Waals surface area contributed by atoms with Gasteiger partial charge in [-0.05, 0) is 37.6 Å². The van der Waals surface area contributed by atoms with Crippen molar-refractivity contribution in [2.75, 3.05) is 6.79 Å². The normalized spacial score (nSPS) is 13.4. The molecule has 1 N–H and O–H groups in total. The van der Waals surface area contributed by atoms with E-state index in [2.05, 4.69) is 29.4 Å². The summed E-state index contributed by atoms with van der Waals surface area (Å²) >= 11 is 1.56. The number of rotatable bonds is 5. The summed E-state index contributed by atoms with van der Waals surface area (Å²) in [6.07, 6.45) is 0.261. The second-order valence-electron chi connectivity index (χ2n) is 6.59. The molecule has 138 valence electrons. The Kier molecular flexibility index (Phi) is 4.81. The highest BCUT2D eigenvalue weighted by molar-refractivity contribution is 7.13. The van der Waals surface area contributed by atoms with Gasteiger partial charge in [0.2, 0.25) is 12.7 Å². The van der Waals surface area contributed by atoms with Crippen molar-refractivity contribution >= 4 is 17.2 Å². The van der Waals surface area contributed by atoms with Crippen molar-refractivity contribution in [3.63, 3.8) is 0 Å². The monoisotopic (exact) mass is 380 g/mol. The lowest BCUT2D eigenvalue weighted by Gasteiger charge is -2.14. The first-order valence-electron chi connectivity index (χ1n) is 8.79. The molecule has 2 aromatic carbocycles. The second-order valence-corrected chi connectivity index (χ2v) is 7.45. The molecule has 27 heavy (non-hydrogen) atoms. The molecular weight excluding hydrogens is 360 g/mol. The van der Waals surface area contributed by atoms with Crippen molar-refractivity contribution in [1.29, 1.82) is 0 Å². The molecule has 6 heteroatoms. The third-order valence-electron chi connectivity index (χ3n) is 4.43. The summed E-state index contributed by atoms with van der Waals surface area (Å²) in [5, 5.41) is 5.91. The minimum atomic E-state index is -0.123. The predicted octanol–water partition coefficient (Wildman–Crippen LogP) is 4.27. The highest BCUT2D eigenvalue weighted by Crippen LogP contribution is 2.34. The average molecular weight is 380 g/mol. The Hall–Kier alpha value is -2.86. The molecule has 5 nitrogen and oxygen atoms in total. The number of amides is 1. The van der Waals surface area contributed by atoms with Crippen LogP contribution in [-0.2, 0) is 11.2 Å². The van der Waals surface area contributed by atoms with Gasteiger partial charge in [0.15, 0.2) is 11.5 Å². The number of aromatic nitrogens is 1. The van der Waals surface area contributed by atoms with Gasteiger partial charge in [-0.2, -0.15) is 0 Å². The first kappa shape index (κ1) is 17.5. The zero-order valence-electron chi connectivity index (χ0n) is 15.2. The molecular formula is C21H20N2O3S. The lowest BCUT2D eigenvalue weighted by Crippen LogP contribution is -2.28. The fourth-order valence-electron chi connectivity index (χ4n) is 3.02. The van der Waals surface area contributed by atoms with Crippen LogP contribution >= 0.6 is 11.3 Å². The highest BCUT2D eigenvalue weighted by Gasteiger charge is 2.17. The van der Waals surface area contributed by atoms with E-state index in [1.807, 2.05) is 42.6 Å². The Morgan fingerprint density at radius 1 is 1.22 bits per heavy atom. The Morgan fingerprint density at radius 2 is 2.07 bits per heavy atom. The molecule has 1 unspecified atom stereocenters. The smallest absolute Gasteiger partial charge is 0.231 e. The van der Waals surface area contributed by atoms with Gasteiger partial charge in [-0.1, -0.05) is 29.8 Å². The molecule has 0 fully saturated rings. The number of nitrogens with one attached hydrogen (secondary N) is 1. The minimum Gasteiger partial charge on any atom is -0.454 e. The van der Waals surface area contributed by atoms with E-state index in [1.54, 1.807) is 11.3 Å². The van der Waals surface area contributed by atoms with E-state index in [0.29, 0.717) is 0 Å². The van der Waals surface area contributed by atoms with Crippen molar-refractivity contribution in [1.82, 2.24) is 10.3 Å². The number of benzene rings is 2. The molecule has 4 rings (SSSR count). The summed E-state index contributed by atoms with van der Waals surface area (Å²) < 4.78 is 10.7. The van der Waals surface area contributed by atoms with Crippen LogP contribution < -0.4 is 14.8 Å². The lowest BCUT2D eigenvalue weighted by molar-refractivity contribution is -0.121. The van der Waals surface area contributed by atoms with Crippen molar-refractivity contribution in [2.24, 2.45) is 0 Å². The van der Waals surface area contributed by atoms with Crippen LogP contribution in [0.3, 0.4) is 0 Å². The Morgan fingerprint density at radius 3 is 2.93 bits per heavy atom. The first-order chi connectivity index (χ1) is 13.1. The van der Waals surface area contributed by atoms with Crippen LogP contribution in [-0.4, -0.2) is 17.7 Å². The van der Waals surface area contributed by atoms with Crippen LogP contribution in [0.5, 0.6) is 11.5 Å². The molecule has 2 heterocycles. The summed E-state index contributed by atoms with van der Waals surface area (Å²) in [7, 11) is 0. The maximum atomic E-state index is 12.4. The average Bonchev–Trinajstić information content (AvgIpc) is 3.30. The van der Waals surface area contributed by atoms with E-state index in [0.717, 1.165) is 33.3 Å². The fourth-order valence-corrected chi connectivity index (χ4v) is 3.84. The maximum absolute atomic E-state index is 12.4. The summed E-state index contributed by atoms with van der Waals surface area (Å²) in [6.45, 7) is 4.25. The number of fused-ring (bicyclic) bond motifs is 1. The van der Waals surface area contributed by atoms with Gasteiger partial charge in [0.05, 0.1) is 18.2 Å². The Bertz CT molecular complexity index is 983. The van der Waals surface area contributed by atoms with Gasteiger partial charge in [-0.15, -0.1) is 11.3 Å². The van der Waals surface area contributed by atoms with E-state index in [9.17, 15) is 4.79 Å². The number of aryl methyl sites for hydroxylation is 1. The zero-order chi connectivity index (χ0) is 18.8. The van der Waals surface area contributed by atoms with Crippen LogP contribution in [0, 0.1) is 6.92 Å². The van der Waals surface area contributed by atoms with Crippen LogP contribution in [0.2, 0.25) is 0 Å². The third-order valence-corrected chi connectivity index (χ3v) is 5.37. The van der Waals surface area contributed by atoms with Crippen molar-refractivity contribution in [3.05, 3.63) is 64.7 Å². The van der Waals surface area contributed by atoms with E-state index >= 15 is 0 Å². The van der Waals surface area contributed by atoms with E-state index in [4.69, 9.17) is 9.47 Å². The predicted molar refractivity (Wildman–Crippen MR) is 105 cm³/mol. The van der Waals surface area contributed by atoms with Gasteiger partial charge in [0, 0.05) is 10.9 Å². The lowest BCUT2D eigenvalue weighted by atomic mass is 10.1. The van der Waals surface area contributed by atoms with Crippen molar-refractivity contribution < 1.29 is 14.3 Å². The van der Waals surface area contributed by atoms with Crippen LogP contribution in [0.4, 0.5) is 0 Å². The standard InChI is InChI=1S/C21H20N2O3S/c1-13-4-3-5-16(8-13)21-23-17(11-27-21)10-20(24)22-14(2)15-6-7-18-19(9-15)26-12-25-18/h3-9,11,14H,10,12H2,1-2H3,(H,22,24). The zero-order valence-corrected chi connectivity index (χ0v) is 16.0. The number of carbonyl (C=O) groups is 1. The molecule has 1 amide bonds. The summed E-state index contributed by atoms with van der Waals surface area (Å²) in [4.78, 5) is 17.0. The van der Waals surface area contributed by atoms with E-state index < -0.39 is 0 Å². The molecule has 0 saturated heterocycles. The molecule has 1 aliphatic rings. The molecule has 0 bridgehead atoms. The maximum Gasteiger partial charge on any atom is 0.231 e. The van der Waals surface area contributed by atoms with Gasteiger partial charge in [-0.25, -0.2) is 4.98 Å². The molecule has 3 aromatic rings. The molecule has 0 radical (unpaired) electrons. The summed E-state index contributed by atoms with van der Waals surface area (Å²) in [6, 6.07) is 13.8. The van der Waals surface area contributed by atoms with E-state index in [-0.39, 0.29) is 25.2 Å². The quantitative estimate of drug-likeness (QED) is 0.718. The third kappa shape index (κ3) is 3.95. The van der Waals surface area contributed by atoms with Gasteiger partial charge in [0.1, 0.15) is 5.01 Å². The molecule has 0 aliphatic carbocycles. The van der Waals surface area contributed by atoms with Gasteiger partial charge < -0.3 is 14.8 Å². The van der Waals surface area contributed by atoms with Crippen molar-refractivity contribution in [2.45, 2.75) is 26.3 Å². The van der Waals surface area contributed by atoms with Gasteiger partial charge in [0.25, 0.3) is 0 Å². The number of hydrogen-bond donors (Lipinski definition) is 1. The molecule has 1 atom stereocenters. The largest absolute Gasteiger partial charge is 0.454 e. The number of thiazole rings is 1. The van der Waals surface area contributed by atoms with Crippen molar-refractivity contribution in [3.8, 4) is 22.1 Å². The van der Waals surface area contributed by atoms with Gasteiger partial charge >= 0.3 is 0 Å². The molecule has 0 spiro atoms. The topological polar surface area (TPSA) is 60.5 Å². The molecule has 1 aliphatic heterocycles. The Balaban J connectivity index is 1.39. The first-order valence-corrected chi connectivity index (χ1v) is 9.67. The summed E-state index contributed by atoms with van der Waals surface area (Å²) in [5.41, 5.74) is 4.04. The van der Waals surface area contributed by atoms with E-state index in [1.165, 1.54) is 5.56 Å². The van der Waals surface area contributed by atoms with Gasteiger partial charge in [-0.3, -0.25) is 4.79 Å². The molecule has 0 saturated carbocycles. The summed E-state index contributed by atoms with van der Waals surface area (Å²) in [5.74, 6) is 1.40. The number of ether oxygens (including phenoxy) is 2. The van der Waals surface area contributed by atoms with Crippen LogP contribution in [0.1, 0.15) is 29.8 Å². The number of nitrogens with zero attached hydrogens (tertiary/aromatic N) is 1. The number of hydrogen-bond acceptors (Lipinski definition) is 5. The van der Waals surface area contributed by atoms with Crippen LogP contribution in [0.15, 0.2) is 47.8 Å². The molecule has 1 aromatic heterocycles. The SMILES string of the molecule is Cc1cccc(-c2nc(CC(=O)NC(C)c3ccc4c(c3)OCO4)cs2)c1. The Labute approximate surface area is 162 Å². The minimum absolute atomic E-state index is 0.0544. The van der Waals surface area contributed by atoms with Crippen LogP contribution in [0.25, 0.3) is 10.6 Å². The fraction of sp³-hybridized carbons (Fsp3) is 0.238. The second kappa shape index (κ2) is 7.40.